The van der Waals surface area contributed by atoms with Crippen molar-refractivity contribution >= 4 is 17.4 Å². The van der Waals surface area contributed by atoms with Crippen LogP contribution in [0.5, 0.6) is 5.75 Å². The van der Waals surface area contributed by atoms with Crippen molar-refractivity contribution in [3.8, 4) is 5.75 Å². The van der Waals surface area contributed by atoms with Gasteiger partial charge in [-0.2, -0.15) is 0 Å². The molecule has 0 saturated carbocycles. The van der Waals surface area contributed by atoms with Gasteiger partial charge >= 0.3 is 0 Å². The fraction of sp³-hybridized carbons (Fsp3) is 0.429. The molecule has 1 fully saturated rings. The molecular weight excluding hydrogens is 326 g/mol. The Kier molecular flexibility index (Phi) is 5.76. The summed E-state index contributed by atoms with van der Waals surface area (Å²) >= 11 is 0. The summed E-state index contributed by atoms with van der Waals surface area (Å²) in [5, 5.41) is 2.94. The summed E-state index contributed by atoms with van der Waals surface area (Å²) in [6.07, 6.45) is 4.27. The Hall–Kier alpha value is -2.56. The van der Waals surface area contributed by atoms with Gasteiger partial charge in [0.2, 0.25) is 0 Å². The lowest BCUT2D eigenvalue weighted by Crippen LogP contribution is -2.34. The second kappa shape index (κ2) is 8.21. The summed E-state index contributed by atoms with van der Waals surface area (Å²) in [6.45, 7) is 8.23. The van der Waals surface area contributed by atoms with Crippen LogP contribution in [0, 0.1) is 5.92 Å². The van der Waals surface area contributed by atoms with Gasteiger partial charge in [-0.05, 0) is 69.0 Å². The zero-order chi connectivity index (χ0) is 18.5. The Morgan fingerprint density at radius 3 is 2.73 bits per heavy atom. The molecule has 0 bridgehead atoms. The van der Waals surface area contributed by atoms with Crippen molar-refractivity contribution in [1.82, 2.24) is 4.98 Å². The maximum Gasteiger partial charge on any atom is 0.255 e. The van der Waals surface area contributed by atoms with E-state index in [9.17, 15) is 4.79 Å². The van der Waals surface area contributed by atoms with Crippen LogP contribution in [0.2, 0.25) is 0 Å². The van der Waals surface area contributed by atoms with Crippen LogP contribution in [0.4, 0.5) is 11.5 Å². The SMILES string of the molecule is CC1CCCN(c2cc(C(=O)Nc3ccc(OC(C)C)cc3)ccn2)C1. The molecule has 3 rings (SSSR count). The summed E-state index contributed by atoms with van der Waals surface area (Å²) in [4.78, 5) is 19.3. The van der Waals surface area contributed by atoms with E-state index < -0.39 is 0 Å². The average molecular weight is 353 g/mol. The van der Waals surface area contributed by atoms with Gasteiger partial charge in [0, 0.05) is 30.5 Å². The molecule has 26 heavy (non-hydrogen) atoms. The number of ether oxygens (including phenoxy) is 1. The topological polar surface area (TPSA) is 54.5 Å². The highest BCUT2D eigenvalue weighted by Crippen LogP contribution is 2.22. The standard InChI is InChI=1S/C21H27N3O2/c1-15(2)26-19-8-6-18(7-9-19)23-21(25)17-10-11-22-20(13-17)24-12-4-5-16(3)14-24/h6-11,13,15-16H,4-5,12,14H2,1-3H3,(H,23,25). The van der Waals surface area contributed by atoms with Crippen molar-refractivity contribution in [3.63, 3.8) is 0 Å². The Labute approximate surface area is 155 Å². The number of carbonyl (C=O) groups excluding carboxylic acids is 1. The zero-order valence-electron chi connectivity index (χ0n) is 15.7. The van der Waals surface area contributed by atoms with Crippen molar-refractivity contribution in [2.24, 2.45) is 5.92 Å². The minimum absolute atomic E-state index is 0.128. The third-order valence-electron chi connectivity index (χ3n) is 4.47. The molecule has 1 aromatic carbocycles. The van der Waals surface area contributed by atoms with E-state index in [0.29, 0.717) is 11.5 Å². The van der Waals surface area contributed by atoms with Gasteiger partial charge in [0.25, 0.3) is 5.91 Å². The molecule has 0 aliphatic carbocycles. The summed E-state index contributed by atoms with van der Waals surface area (Å²) in [5.41, 5.74) is 1.37. The number of piperidine rings is 1. The highest BCUT2D eigenvalue weighted by molar-refractivity contribution is 6.04. The number of hydrogen-bond acceptors (Lipinski definition) is 4. The van der Waals surface area contributed by atoms with Gasteiger partial charge in [0.1, 0.15) is 11.6 Å². The molecule has 2 heterocycles. The minimum atomic E-state index is -0.128. The van der Waals surface area contributed by atoms with Crippen LogP contribution < -0.4 is 15.0 Å². The highest BCUT2D eigenvalue weighted by Gasteiger charge is 2.18. The lowest BCUT2D eigenvalue weighted by Gasteiger charge is -2.31. The molecule has 138 valence electrons. The maximum absolute atomic E-state index is 12.6. The van der Waals surface area contributed by atoms with Crippen LogP contribution in [0.1, 0.15) is 44.0 Å². The number of aromatic nitrogens is 1. The monoisotopic (exact) mass is 353 g/mol. The lowest BCUT2D eigenvalue weighted by molar-refractivity contribution is 0.102. The fourth-order valence-electron chi connectivity index (χ4n) is 3.22. The van der Waals surface area contributed by atoms with Crippen LogP contribution in [0.3, 0.4) is 0 Å². The first kappa shape index (κ1) is 18.2. The average Bonchev–Trinajstić information content (AvgIpc) is 2.63. The lowest BCUT2D eigenvalue weighted by atomic mass is 10.0. The zero-order valence-corrected chi connectivity index (χ0v) is 15.7. The summed E-state index contributed by atoms with van der Waals surface area (Å²) < 4.78 is 5.62. The van der Waals surface area contributed by atoms with Gasteiger partial charge in [-0.25, -0.2) is 4.98 Å². The molecule has 1 saturated heterocycles. The van der Waals surface area contributed by atoms with Crippen molar-refractivity contribution in [2.75, 3.05) is 23.3 Å². The molecule has 0 spiro atoms. The van der Waals surface area contributed by atoms with Crippen molar-refractivity contribution in [2.45, 2.75) is 39.7 Å². The van der Waals surface area contributed by atoms with E-state index in [1.807, 2.05) is 44.2 Å². The Bertz CT molecular complexity index is 743. The van der Waals surface area contributed by atoms with E-state index in [1.54, 1.807) is 12.3 Å². The molecule has 2 aromatic rings. The first-order valence-electron chi connectivity index (χ1n) is 9.30. The summed E-state index contributed by atoms with van der Waals surface area (Å²) in [6, 6.07) is 11.1. The van der Waals surface area contributed by atoms with Crippen molar-refractivity contribution in [1.29, 1.82) is 0 Å². The minimum Gasteiger partial charge on any atom is -0.491 e. The molecule has 5 heteroatoms. The van der Waals surface area contributed by atoms with E-state index in [0.717, 1.165) is 30.3 Å². The molecule has 1 aliphatic heterocycles. The smallest absolute Gasteiger partial charge is 0.255 e. The molecule has 1 unspecified atom stereocenters. The summed E-state index contributed by atoms with van der Waals surface area (Å²) in [7, 11) is 0. The molecule has 1 aliphatic rings. The predicted molar refractivity (Wildman–Crippen MR) is 105 cm³/mol. The van der Waals surface area contributed by atoms with Crippen LogP contribution in [0.15, 0.2) is 42.6 Å². The Morgan fingerprint density at radius 2 is 2.04 bits per heavy atom. The second-order valence-corrected chi connectivity index (χ2v) is 7.24. The first-order chi connectivity index (χ1) is 12.5. The molecule has 1 amide bonds. The number of carbonyl (C=O) groups is 1. The third-order valence-corrected chi connectivity index (χ3v) is 4.47. The van der Waals surface area contributed by atoms with E-state index in [4.69, 9.17) is 4.74 Å². The van der Waals surface area contributed by atoms with Gasteiger partial charge in [-0.1, -0.05) is 6.92 Å². The van der Waals surface area contributed by atoms with Crippen LogP contribution >= 0.6 is 0 Å². The number of nitrogens with zero attached hydrogens (tertiary/aromatic N) is 2. The number of pyridine rings is 1. The van der Waals surface area contributed by atoms with Gasteiger partial charge in [-0.3, -0.25) is 4.79 Å². The Morgan fingerprint density at radius 1 is 1.27 bits per heavy atom. The first-order valence-corrected chi connectivity index (χ1v) is 9.30. The number of benzene rings is 1. The molecular formula is C21H27N3O2. The normalized spacial score (nSPS) is 17.2. The predicted octanol–water partition coefficient (Wildman–Crippen LogP) is 4.36. The second-order valence-electron chi connectivity index (χ2n) is 7.24. The number of anilines is 2. The molecule has 5 nitrogen and oxygen atoms in total. The largest absolute Gasteiger partial charge is 0.491 e. The van der Waals surface area contributed by atoms with E-state index in [-0.39, 0.29) is 12.0 Å². The van der Waals surface area contributed by atoms with Gasteiger partial charge in [0.05, 0.1) is 6.10 Å². The third kappa shape index (κ3) is 4.75. The quantitative estimate of drug-likeness (QED) is 0.868. The van der Waals surface area contributed by atoms with Crippen LogP contribution in [-0.2, 0) is 0 Å². The number of nitrogens with one attached hydrogen (secondary N) is 1. The molecule has 1 atom stereocenters. The fourth-order valence-corrected chi connectivity index (χ4v) is 3.22. The molecule has 0 radical (unpaired) electrons. The molecule has 1 aromatic heterocycles. The number of rotatable bonds is 5. The van der Waals surface area contributed by atoms with Gasteiger partial charge < -0.3 is 15.0 Å². The van der Waals surface area contributed by atoms with E-state index >= 15 is 0 Å². The van der Waals surface area contributed by atoms with Crippen LogP contribution in [0.25, 0.3) is 0 Å². The van der Waals surface area contributed by atoms with Crippen molar-refractivity contribution < 1.29 is 9.53 Å². The Balaban J connectivity index is 1.67. The van der Waals surface area contributed by atoms with E-state index in [2.05, 4.69) is 22.1 Å². The summed E-state index contributed by atoms with van der Waals surface area (Å²) in [5.74, 6) is 2.21. The number of amides is 1. The van der Waals surface area contributed by atoms with Crippen LogP contribution in [-0.4, -0.2) is 30.1 Å². The highest BCUT2D eigenvalue weighted by atomic mass is 16.5. The van der Waals surface area contributed by atoms with E-state index in [1.165, 1.54) is 12.8 Å². The molecule has 1 N–H and O–H groups in total. The maximum atomic E-state index is 12.6. The van der Waals surface area contributed by atoms with Gasteiger partial charge in [0.15, 0.2) is 0 Å². The van der Waals surface area contributed by atoms with Crippen molar-refractivity contribution in [3.05, 3.63) is 48.2 Å². The van der Waals surface area contributed by atoms with Gasteiger partial charge in [-0.15, -0.1) is 0 Å². The number of hydrogen-bond donors (Lipinski definition) is 1.